The van der Waals surface area contributed by atoms with Crippen molar-refractivity contribution in [2.75, 3.05) is 6.61 Å². The van der Waals surface area contributed by atoms with Crippen LogP contribution in [0, 0.1) is 0 Å². The number of halogens is 1. The number of hydrogen-bond acceptors (Lipinski definition) is 5. The second-order valence-electron chi connectivity index (χ2n) is 6.70. The number of hydrogen-bond donors (Lipinski definition) is 0. The number of carbonyl (C=O) groups excluding carboxylic acids is 2. The van der Waals surface area contributed by atoms with Gasteiger partial charge in [0.15, 0.2) is 0 Å². The molecule has 1 saturated heterocycles. The van der Waals surface area contributed by atoms with Crippen molar-refractivity contribution in [1.29, 1.82) is 0 Å². The molecule has 0 unspecified atom stereocenters. The fourth-order valence-corrected chi connectivity index (χ4v) is 5.07. The number of rotatable bonds is 3. The number of pyridine rings is 1. The summed E-state index contributed by atoms with van der Waals surface area (Å²) in [5.41, 5.74) is 3.94. The van der Waals surface area contributed by atoms with Crippen LogP contribution in [0.15, 0.2) is 30.5 Å². The first-order valence-electron chi connectivity index (χ1n) is 8.76. The molecule has 3 aromatic rings. The largest absolute Gasteiger partial charge is 0.492 e. The van der Waals surface area contributed by atoms with Gasteiger partial charge in [0.25, 0.3) is 0 Å². The standard InChI is InChI=1S/C20H15ClN2O3S/c21-12-7-11-4-6-26-19(11)15(8-12)14-3-5-22-16-9-13(27-20(14)16)10-23-17(24)1-2-18(23)25/h3,5,7-9H,1-2,4,6,10H2. The van der Waals surface area contributed by atoms with Gasteiger partial charge in [0.1, 0.15) is 5.75 Å². The van der Waals surface area contributed by atoms with Crippen molar-refractivity contribution in [2.45, 2.75) is 25.8 Å². The lowest BCUT2D eigenvalue weighted by Crippen LogP contribution is -2.27. The van der Waals surface area contributed by atoms with Crippen LogP contribution >= 0.6 is 22.9 Å². The minimum Gasteiger partial charge on any atom is -0.492 e. The normalized spacial score (nSPS) is 16.3. The SMILES string of the molecule is O=C1CCC(=O)N1Cc1cc2nccc(-c3cc(Cl)cc4c3OCC4)c2s1. The summed E-state index contributed by atoms with van der Waals surface area (Å²) in [5, 5.41) is 0.684. The lowest BCUT2D eigenvalue weighted by atomic mass is 10.0. The number of ether oxygens (including phenoxy) is 1. The molecule has 0 aliphatic carbocycles. The molecule has 5 rings (SSSR count). The van der Waals surface area contributed by atoms with Crippen molar-refractivity contribution in [1.82, 2.24) is 9.88 Å². The van der Waals surface area contributed by atoms with Gasteiger partial charge in [-0.2, -0.15) is 0 Å². The summed E-state index contributed by atoms with van der Waals surface area (Å²) >= 11 is 7.88. The van der Waals surface area contributed by atoms with E-state index in [1.165, 1.54) is 4.90 Å². The highest BCUT2D eigenvalue weighted by atomic mass is 35.5. The first-order valence-corrected chi connectivity index (χ1v) is 9.96. The summed E-state index contributed by atoms with van der Waals surface area (Å²) in [6.07, 6.45) is 3.23. The van der Waals surface area contributed by atoms with Gasteiger partial charge in [-0.05, 0) is 29.8 Å². The highest BCUT2D eigenvalue weighted by Crippen LogP contribution is 2.43. The fourth-order valence-electron chi connectivity index (χ4n) is 3.70. The van der Waals surface area contributed by atoms with Gasteiger partial charge in [-0.1, -0.05) is 11.6 Å². The van der Waals surface area contributed by atoms with E-state index in [1.807, 2.05) is 24.3 Å². The number of likely N-dealkylation sites (tertiary alicyclic amines) is 1. The lowest BCUT2D eigenvalue weighted by Gasteiger charge is -2.11. The predicted octanol–water partition coefficient (Wildman–Crippen LogP) is 4.20. The van der Waals surface area contributed by atoms with Gasteiger partial charge in [-0.15, -0.1) is 11.3 Å². The smallest absolute Gasteiger partial charge is 0.230 e. The zero-order valence-corrected chi connectivity index (χ0v) is 15.9. The van der Waals surface area contributed by atoms with E-state index in [0.29, 0.717) is 31.0 Å². The number of imide groups is 1. The van der Waals surface area contributed by atoms with Crippen LogP contribution in [0.3, 0.4) is 0 Å². The quantitative estimate of drug-likeness (QED) is 0.620. The molecular formula is C20H15ClN2O3S. The Labute approximate surface area is 164 Å². The molecule has 136 valence electrons. The maximum absolute atomic E-state index is 11.9. The minimum absolute atomic E-state index is 0.105. The van der Waals surface area contributed by atoms with Crippen LogP contribution in [0.5, 0.6) is 5.75 Å². The van der Waals surface area contributed by atoms with Crippen molar-refractivity contribution in [2.24, 2.45) is 0 Å². The summed E-state index contributed by atoms with van der Waals surface area (Å²) < 4.78 is 6.86. The van der Waals surface area contributed by atoms with Gasteiger partial charge in [-0.3, -0.25) is 19.5 Å². The Balaban J connectivity index is 1.60. The third-order valence-electron chi connectivity index (χ3n) is 4.97. The topological polar surface area (TPSA) is 59.5 Å². The Bertz CT molecular complexity index is 1090. The van der Waals surface area contributed by atoms with Crippen molar-refractivity contribution in [3.05, 3.63) is 45.9 Å². The lowest BCUT2D eigenvalue weighted by molar-refractivity contribution is -0.138. The molecule has 0 spiro atoms. The van der Waals surface area contributed by atoms with Gasteiger partial charge >= 0.3 is 0 Å². The van der Waals surface area contributed by atoms with Gasteiger partial charge < -0.3 is 4.74 Å². The van der Waals surface area contributed by atoms with Gasteiger partial charge in [-0.25, -0.2) is 0 Å². The second kappa shape index (κ2) is 6.32. The number of thiophene rings is 1. The number of fused-ring (bicyclic) bond motifs is 2. The summed E-state index contributed by atoms with van der Waals surface area (Å²) in [7, 11) is 0. The van der Waals surface area contributed by atoms with Crippen LogP contribution in [0.25, 0.3) is 21.3 Å². The van der Waals surface area contributed by atoms with Crippen LogP contribution in [0.4, 0.5) is 0 Å². The average molecular weight is 399 g/mol. The maximum atomic E-state index is 11.9. The molecule has 5 nitrogen and oxygen atoms in total. The van der Waals surface area contributed by atoms with Crippen molar-refractivity contribution < 1.29 is 14.3 Å². The Hall–Kier alpha value is -2.44. The Morgan fingerprint density at radius 1 is 1.11 bits per heavy atom. The van der Waals surface area contributed by atoms with Gasteiger partial charge in [0.2, 0.25) is 11.8 Å². The second-order valence-corrected chi connectivity index (χ2v) is 8.27. The molecule has 0 N–H and O–H groups in total. The zero-order valence-electron chi connectivity index (χ0n) is 14.3. The molecule has 7 heteroatoms. The number of aromatic nitrogens is 1. The maximum Gasteiger partial charge on any atom is 0.230 e. The van der Waals surface area contributed by atoms with E-state index in [9.17, 15) is 9.59 Å². The van der Waals surface area contributed by atoms with Crippen LogP contribution < -0.4 is 4.74 Å². The van der Waals surface area contributed by atoms with Crippen LogP contribution in [0.1, 0.15) is 23.3 Å². The first kappa shape index (κ1) is 16.7. The Morgan fingerprint density at radius 3 is 2.74 bits per heavy atom. The van der Waals surface area contributed by atoms with E-state index in [2.05, 4.69) is 4.98 Å². The molecule has 1 aromatic carbocycles. The van der Waals surface area contributed by atoms with E-state index in [0.717, 1.165) is 44.0 Å². The molecule has 4 heterocycles. The van der Waals surface area contributed by atoms with Crippen molar-refractivity contribution in [3.8, 4) is 16.9 Å². The van der Waals surface area contributed by atoms with Crippen LogP contribution in [-0.4, -0.2) is 28.3 Å². The summed E-state index contributed by atoms with van der Waals surface area (Å²) in [6.45, 7) is 0.966. The van der Waals surface area contributed by atoms with Crippen LogP contribution in [0.2, 0.25) is 5.02 Å². The Morgan fingerprint density at radius 2 is 1.93 bits per heavy atom. The van der Waals surface area contributed by atoms with Gasteiger partial charge in [0.05, 0.1) is 23.4 Å². The summed E-state index contributed by atoms with van der Waals surface area (Å²) in [5.74, 6) is 0.671. The predicted molar refractivity (Wildman–Crippen MR) is 104 cm³/mol. The molecule has 0 atom stereocenters. The summed E-state index contributed by atoms with van der Waals surface area (Å²) in [4.78, 5) is 30.6. The molecule has 27 heavy (non-hydrogen) atoms. The third-order valence-corrected chi connectivity index (χ3v) is 6.33. The van der Waals surface area contributed by atoms with E-state index in [1.54, 1.807) is 17.5 Å². The van der Waals surface area contributed by atoms with Crippen molar-refractivity contribution >= 4 is 45.0 Å². The third kappa shape index (κ3) is 2.80. The number of carbonyl (C=O) groups is 2. The molecule has 1 fully saturated rings. The van der Waals surface area contributed by atoms with Gasteiger partial charge in [0, 0.05) is 46.5 Å². The van der Waals surface area contributed by atoms with E-state index in [4.69, 9.17) is 16.3 Å². The molecule has 2 aliphatic rings. The zero-order chi connectivity index (χ0) is 18.5. The monoisotopic (exact) mass is 398 g/mol. The molecule has 2 aliphatic heterocycles. The highest BCUT2D eigenvalue weighted by Gasteiger charge is 2.29. The fraction of sp³-hybridized carbons (Fsp3) is 0.250. The highest BCUT2D eigenvalue weighted by molar-refractivity contribution is 7.19. The van der Waals surface area contributed by atoms with E-state index < -0.39 is 0 Å². The first-order chi connectivity index (χ1) is 13.1. The van der Waals surface area contributed by atoms with Crippen molar-refractivity contribution in [3.63, 3.8) is 0 Å². The van der Waals surface area contributed by atoms with E-state index >= 15 is 0 Å². The molecule has 0 radical (unpaired) electrons. The van der Waals surface area contributed by atoms with Crippen LogP contribution in [-0.2, 0) is 22.6 Å². The number of nitrogens with zero attached hydrogens (tertiary/aromatic N) is 2. The summed E-state index contributed by atoms with van der Waals surface area (Å²) in [6, 6.07) is 7.79. The van der Waals surface area contributed by atoms with E-state index in [-0.39, 0.29) is 11.8 Å². The Kier molecular flexibility index (Phi) is 3.91. The molecule has 2 amide bonds. The minimum atomic E-state index is -0.105. The number of benzene rings is 1. The average Bonchev–Trinajstić information content (AvgIpc) is 3.35. The number of amides is 2. The molecule has 0 bridgehead atoms. The molecule has 2 aromatic heterocycles. The molecule has 0 saturated carbocycles. The molecular weight excluding hydrogens is 384 g/mol.